The number of rotatable bonds is 8. The molecule has 3 aliphatic heterocycles. The molecule has 1 saturated carbocycles. The van der Waals surface area contributed by atoms with Gasteiger partial charge in [0.05, 0.1) is 10.6 Å². The molecular formula is C31H40FN5O4S. The molecule has 0 bridgehead atoms. The van der Waals surface area contributed by atoms with Gasteiger partial charge in [-0.25, -0.2) is 12.8 Å². The highest BCUT2D eigenvalue weighted by Gasteiger charge is 2.40. The zero-order chi connectivity index (χ0) is 29.4. The van der Waals surface area contributed by atoms with E-state index in [2.05, 4.69) is 15.1 Å². The van der Waals surface area contributed by atoms with Crippen LogP contribution in [0.3, 0.4) is 0 Å². The van der Waals surface area contributed by atoms with Gasteiger partial charge in [0.1, 0.15) is 5.82 Å². The van der Waals surface area contributed by atoms with Gasteiger partial charge in [-0.05, 0) is 74.9 Å². The number of amides is 2. The topological polar surface area (TPSA) is 93.3 Å². The van der Waals surface area contributed by atoms with E-state index in [1.54, 1.807) is 30.3 Å². The summed E-state index contributed by atoms with van der Waals surface area (Å²) in [4.78, 5) is 32.1. The Labute approximate surface area is 247 Å². The molecule has 226 valence electrons. The Bertz CT molecular complexity index is 1430. The minimum atomic E-state index is -3.69. The first-order chi connectivity index (χ1) is 20.2. The number of nitrogens with zero attached hydrogens (tertiary/aromatic N) is 4. The number of para-hydroxylation sites is 1. The average Bonchev–Trinajstić information content (AvgIpc) is 3.79. The van der Waals surface area contributed by atoms with E-state index in [-0.39, 0.29) is 40.4 Å². The quantitative estimate of drug-likeness (QED) is 0.503. The van der Waals surface area contributed by atoms with E-state index < -0.39 is 10.0 Å². The Morgan fingerprint density at radius 2 is 1.62 bits per heavy atom. The number of benzene rings is 2. The summed E-state index contributed by atoms with van der Waals surface area (Å²) in [6.45, 7) is 6.96. The molecule has 2 aromatic carbocycles. The predicted octanol–water partition coefficient (Wildman–Crippen LogP) is 2.85. The van der Waals surface area contributed by atoms with Crippen LogP contribution < -0.4 is 15.1 Å². The van der Waals surface area contributed by atoms with Crippen LogP contribution in [-0.4, -0.2) is 87.8 Å². The van der Waals surface area contributed by atoms with E-state index in [1.165, 1.54) is 10.4 Å². The summed E-state index contributed by atoms with van der Waals surface area (Å²) in [5, 5.41) is 3.04. The second-order valence-corrected chi connectivity index (χ2v) is 14.0. The van der Waals surface area contributed by atoms with Crippen LogP contribution in [0.1, 0.15) is 38.2 Å². The van der Waals surface area contributed by atoms with Gasteiger partial charge in [-0.1, -0.05) is 12.1 Å². The van der Waals surface area contributed by atoms with Crippen LogP contribution in [0.25, 0.3) is 0 Å². The van der Waals surface area contributed by atoms with Crippen molar-refractivity contribution in [2.45, 2.75) is 50.0 Å². The van der Waals surface area contributed by atoms with Crippen molar-refractivity contribution >= 4 is 33.2 Å². The van der Waals surface area contributed by atoms with Gasteiger partial charge in [0.15, 0.2) is 0 Å². The summed E-state index contributed by atoms with van der Waals surface area (Å²) in [5.41, 5.74) is 2.37. The van der Waals surface area contributed by atoms with Crippen molar-refractivity contribution in [3.63, 3.8) is 0 Å². The number of carbonyl (C=O) groups is 2. The molecule has 2 saturated heterocycles. The summed E-state index contributed by atoms with van der Waals surface area (Å²) in [7, 11) is -3.69. The number of nitrogens with one attached hydrogen (secondary N) is 1. The molecule has 42 heavy (non-hydrogen) atoms. The van der Waals surface area contributed by atoms with E-state index >= 15 is 0 Å². The molecule has 4 aliphatic rings. The van der Waals surface area contributed by atoms with Crippen LogP contribution >= 0.6 is 0 Å². The Balaban J connectivity index is 0.959. The van der Waals surface area contributed by atoms with Crippen LogP contribution in [0.15, 0.2) is 47.4 Å². The molecule has 1 unspecified atom stereocenters. The van der Waals surface area contributed by atoms with Crippen molar-refractivity contribution in [2.75, 3.05) is 62.2 Å². The molecule has 3 heterocycles. The van der Waals surface area contributed by atoms with E-state index in [0.717, 1.165) is 56.8 Å². The first kappa shape index (κ1) is 29.1. The number of sulfonamides is 1. The van der Waals surface area contributed by atoms with Gasteiger partial charge < -0.3 is 15.1 Å². The first-order valence-electron chi connectivity index (χ1n) is 15.2. The van der Waals surface area contributed by atoms with Crippen LogP contribution in [-0.2, 0) is 26.0 Å². The maximum absolute atomic E-state index is 14.1. The highest BCUT2D eigenvalue weighted by molar-refractivity contribution is 7.89. The molecule has 1 aliphatic carbocycles. The molecule has 0 spiro atoms. The average molecular weight is 598 g/mol. The second-order valence-electron chi connectivity index (χ2n) is 12.1. The first-order valence-corrected chi connectivity index (χ1v) is 16.6. The maximum atomic E-state index is 14.1. The molecule has 3 fully saturated rings. The smallest absolute Gasteiger partial charge is 0.243 e. The summed E-state index contributed by atoms with van der Waals surface area (Å²) in [6, 6.07) is 12.0. The minimum absolute atomic E-state index is 0.0241. The van der Waals surface area contributed by atoms with Crippen molar-refractivity contribution < 1.29 is 22.4 Å². The van der Waals surface area contributed by atoms with Crippen LogP contribution in [0.4, 0.5) is 15.8 Å². The molecule has 2 aromatic rings. The van der Waals surface area contributed by atoms with E-state index in [4.69, 9.17) is 0 Å². The van der Waals surface area contributed by atoms with E-state index in [0.29, 0.717) is 44.6 Å². The van der Waals surface area contributed by atoms with Crippen molar-refractivity contribution in [1.82, 2.24) is 14.5 Å². The van der Waals surface area contributed by atoms with Gasteiger partial charge in [-0.15, -0.1) is 0 Å². The number of anilines is 2. The number of carbonyl (C=O) groups excluding carboxylic acids is 2. The molecule has 1 atom stereocenters. The van der Waals surface area contributed by atoms with Crippen LogP contribution in [0, 0.1) is 17.7 Å². The number of fused-ring (bicyclic) bond motifs is 1. The third kappa shape index (κ3) is 5.91. The van der Waals surface area contributed by atoms with E-state index in [1.807, 2.05) is 17.9 Å². The van der Waals surface area contributed by atoms with Crippen molar-refractivity contribution in [1.29, 1.82) is 0 Å². The lowest BCUT2D eigenvalue weighted by atomic mass is 9.97. The highest BCUT2D eigenvalue weighted by atomic mass is 32.2. The summed E-state index contributed by atoms with van der Waals surface area (Å²) in [6.07, 6.45) is 3.50. The monoisotopic (exact) mass is 597 g/mol. The lowest BCUT2D eigenvalue weighted by Crippen LogP contribution is -2.49. The van der Waals surface area contributed by atoms with E-state index in [9.17, 15) is 22.4 Å². The Morgan fingerprint density at radius 3 is 2.31 bits per heavy atom. The van der Waals surface area contributed by atoms with Gasteiger partial charge in [-0.3, -0.25) is 14.5 Å². The summed E-state index contributed by atoms with van der Waals surface area (Å²) >= 11 is 0. The normalized spacial score (nSPS) is 22.3. The number of halogens is 1. The lowest BCUT2D eigenvalue weighted by molar-refractivity contribution is -0.126. The van der Waals surface area contributed by atoms with Gasteiger partial charge >= 0.3 is 0 Å². The molecule has 6 rings (SSSR count). The predicted molar refractivity (Wildman–Crippen MR) is 159 cm³/mol. The zero-order valence-electron chi connectivity index (χ0n) is 24.2. The van der Waals surface area contributed by atoms with Crippen molar-refractivity contribution in [2.24, 2.45) is 11.8 Å². The Morgan fingerprint density at radius 1 is 0.905 bits per heavy atom. The minimum Gasteiger partial charge on any atom is -0.367 e. The number of hydrogen-bond acceptors (Lipinski definition) is 6. The molecule has 0 radical (unpaired) electrons. The SMILES string of the molecule is CC1Cc2cc(S(=O)(=O)N3CCC(C(=O)NCCN4CCN(c5ccccc5F)CC4)CC3)ccc2N1C(=O)C1CC1. The lowest BCUT2D eigenvalue weighted by Gasteiger charge is -2.36. The third-order valence-electron chi connectivity index (χ3n) is 9.19. The Hall–Kier alpha value is -3.02. The third-order valence-corrected chi connectivity index (χ3v) is 11.1. The second kappa shape index (κ2) is 11.9. The largest absolute Gasteiger partial charge is 0.367 e. The van der Waals surface area contributed by atoms with Crippen molar-refractivity contribution in [3.05, 3.63) is 53.8 Å². The maximum Gasteiger partial charge on any atom is 0.243 e. The van der Waals surface area contributed by atoms with Crippen LogP contribution in [0.5, 0.6) is 0 Å². The van der Waals surface area contributed by atoms with Gasteiger partial charge in [-0.2, -0.15) is 4.31 Å². The summed E-state index contributed by atoms with van der Waals surface area (Å²) < 4.78 is 42.5. The summed E-state index contributed by atoms with van der Waals surface area (Å²) in [5.74, 6) is -0.170. The van der Waals surface area contributed by atoms with Gasteiger partial charge in [0.25, 0.3) is 0 Å². The van der Waals surface area contributed by atoms with Gasteiger partial charge in [0.2, 0.25) is 21.8 Å². The fourth-order valence-electron chi connectivity index (χ4n) is 6.54. The molecule has 9 nitrogen and oxygen atoms in total. The fraction of sp³-hybridized carbons (Fsp3) is 0.548. The number of hydrogen-bond donors (Lipinski definition) is 1. The molecule has 2 amide bonds. The number of piperidine rings is 1. The fourth-order valence-corrected chi connectivity index (χ4v) is 8.06. The molecular weight excluding hydrogens is 557 g/mol. The highest BCUT2D eigenvalue weighted by Crippen LogP contribution is 2.40. The van der Waals surface area contributed by atoms with Gasteiger partial charge in [0, 0.05) is 75.9 Å². The molecule has 1 N–H and O–H groups in total. The van der Waals surface area contributed by atoms with Crippen LogP contribution in [0.2, 0.25) is 0 Å². The molecule has 11 heteroatoms. The zero-order valence-corrected chi connectivity index (χ0v) is 25.0. The Kier molecular flexibility index (Phi) is 8.26. The molecule has 0 aromatic heterocycles. The van der Waals surface area contributed by atoms with Crippen molar-refractivity contribution in [3.8, 4) is 0 Å². The standard InChI is InChI=1S/C31H40FN5O4S/c1-22-20-25-21-26(8-9-28(25)37(22)31(39)24-6-7-24)42(40,41)36-13-10-23(11-14-36)30(38)33-12-15-34-16-18-35(19-17-34)29-5-3-2-4-27(29)32/h2-5,8-9,21-24H,6-7,10-20H2,1H3,(H,33,38). The number of piperazine rings is 1.